The average molecular weight is 303 g/mol. The summed E-state index contributed by atoms with van der Waals surface area (Å²) in [5.41, 5.74) is 2.52. The van der Waals surface area contributed by atoms with Crippen LogP contribution in [0.4, 0.5) is 5.69 Å². The van der Waals surface area contributed by atoms with Crippen molar-refractivity contribution >= 4 is 22.6 Å². The van der Waals surface area contributed by atoms with E-state index in [4.69, 9.17) is 0 Å². The Hall–Kier alpha value is -1.00. The lowest BCUT2D eigenvalue weighted by Gasteiger charge is -2.23. The number of hydrogen-bond acceptors (Lipinski definition) is 4. The van der Waals surface area contributed by atoms with Gasteiger partial charge in [0.05, 0.1) is 6.54 Å². The standard InChI is InChI=1S/C17H25N3S/c1-14(20-10-4-5-11-20)7-6-12-21-17-18-13-15-8-2-3-9-16(15)19-17/h2-3,8-9,14H,4-7,10-13H2,1H3,(H,18,19). The van der Waals surface area contributed by atoms with Gasteiger partial charge in [-0.05, 0) is 57.3 Å². The molecule has 4 heteroatoms. The highest BCUT2D eigenvalue weighted by Crippen LogP contribution is 2.24. The topological polar surface area (TPSA) is 27.6 Å². The highest BCUT2D eigenvalue weighted by atomic mass is 32.2. The van der Waals surface area contributed by atoms with Crippen LogP contribution in [0.5, 0.6) is 0 Å². The van der Waals surface area contributed by atoms with Crippen LogP contribution in [0.2, 0.25) is 0 Å². The number of likely N-dealkylation sites (tertiary alicyclic amines) is 1. The molecule has 1 aromatic rings. The van der Waals surface area contributed by atoms with Crippen molar-refractivity contribution < 1.29 is 0 Å². The van der Waals surface area contributed by atoms with Gasteiger partial charge in [0, 0.05) is 17.5 Å². The molecule has 114 valence electrons. The maximum Gasteiger partial charge on any atom is 0.161 e. The number of benzene rings is 1. The van der Waals surface area contributed by atoms with Gasteiger partial charge >= 0.3 is 0 Å². The largest absolute Gasteiger partial charge is 0.335 e. The highest BCUT2D eigenvalue weighted by molar-refractivity contribution is 8.14. The predicted molar refractivity (Wildman–Crippen MR) is 93.2 cm³/mol. The van der Waals surface area contributed by atoms with E-state index in [-0.39, 0.29) is 0 Å². The number of thioether (sulfide) groups is 1. The van der Waals surface area contributed by atoms with Crippen LogP contribution >= 0.6 is 11.8 Å². The normalized spacial score (nSPS) is 19.8. The number of para-hydroxylation sites is 1. The summed E-state index contributed by atoms with van der Waals surface area (Å²) in [6, 6.07) is 9.19. The Bertz CT molecular complexity index is 495. The van der Waals surface area contributed by atoms with Crippen molar-refractivity contribution in [3.63, 3.8) is 0 Å². The van der Waals surface area contributed by atoms with Crippen LogP contribution in [-0.4, -0.2) is 35.0 Å². The molecule has 1 fully saturated rings. The van der Waals surface area contributed by atoms with Gasteiger partial charge in [0.25, 0.3) is 0 Å². The number of amidine groups is 1. The molecular weight excluding hydrogens is 278 g/mol. The van der Waals surface area contributed by atoms with Crippen LogP contribution in [0.15, 0.2) is 29.3 Å². The second-order valence-electron chi connectivity index (χ2n) is 5.99. The molecule has 0 amide bonds. The SMILES string of the molecule is CC(CCCSC1=NCc2ccccc2N1)N1CCCC1. The zero-order valence-electron chi connectivity index (χ0n) is 12.8. The molecule has 1 atom stereocenters. The first-order valence-electron chi connectivity index (χ1n) is 8.09. The van der Waals surface area contributed by atoms with Crippen molar-refractivity contribution in [3.05, 3.63) is 29.8 Å². The number of aliphatic imine (C=N–C) groups is 1. The number of rotatable bonds is 5. The molecule has 0 bridgehead atoms. The molecule has 1 saturated heterocycles. The fourth-order valence-corrected chi connectivity index (χ4v) is 3.93. The molecule has 3 nitrogen and oxygen atoms in total. The second-order valence-corrected chi connectivity index (χ2v) is 7.07. The summed E-state index contributed by atoms with van der Waals surface area (Å²) >= 11 is 1.87. The van der Waals surface area contributed by atoms with Gasteiger partial charge in [-0.3, -0.25) is 4.99 Å². The molecule has 0 spiro atoms. The van der Waals surface area contributed by atoms with E-state index in [1.165, 1.54) is 50.0 Å². The summed E-state index contributed by atoms with van der Waals surface area (Å²) in [5.74, 6) is 1.16. The van der Waals surface area contributed by atoms with E-state index in [1.807, 2.05) is 11.8 Å². The number of nitrogens with zero attached hydrogens (tertiary/aromatic N) is 2. The monoisotopic (exact) mass is 303 g/mol. The first-order chi connectivity index (χ1) is 10.3. The second kappa shape index (κ2) is 7.32. The lowest BCUT2D eigenvalue weighted by atomic mass is 10.1. The quantitative estimate of drug-likeness (QED) is 0.834. The Morgan fingerprint density at radius 1 is 1.29 bits per heavy atom. The molecule has 1 unspecified atom stereocenters. The van der Waals surface area contributed by atoms with E-state index in [2.05, 4.69) is 46.4 Å². The first-order valence-corrected chi connectivity index (χ1v) is 9.08. The Balaban J connectivity index is 1.37. The predicted octanol–water partition coefficient (Wildman–Crippen LogP) is 3.97. The van der Waals surface area contributed by atoms with E-state index in [0.717, 1.165) is 23.5 Å². The molecule has 0 saturated carbocycles. The zero-order valence-corrected chi connectivity index (χ0v) is 13.7. The third kappa shape index (κ3) is 4.01. The molecule has 2 aliphatic rings. The fraction of sp³-hybridized carbons (Fsp3) is 0.588. The van der Waals surface area contributed by atoms with Gasteiger partial charge in [-0.25, -0.2) is 0 Å². The summed E-state index contributed by atoms with van der Waals surface area (Å²) < 4.78 is 0. The fourth-order valence-electron chi connectivity index (χ4n) is 3.09. The number of anilines is 1. The lowest BCUT2D eigenvalue weighted by molar-refractivity contribution is 0.246. The molecule has 1 aromatic carbocycles. The maximum atomic E-state index is 4.62. The molecule has 2 heterocycles. The van der Waals surface area contributed by atoms with E-state index in [1.54, 1.807) is 0 Å². The summed E-state index contributed by atoms with van der Waals surface area (Å²) in [6.45, 7) is 5.80. The van der Waals surface area contributed by atoms with E-state index in [9.17, 15) is 0 Å². The van der Waals surface area contributed by atoms with Gasteiger partial charge in [-0.15, -0.1) is 0 Å². The van der Waals surface area contributed by atoms with E-state index in [0.29, 0.717) is 0 Å². The van der Waals surface area contributed by atoms with Crippen LogP contribution in [0.1, 0.15) is 38.2 Å². The Kier molecular flexibility index (Phi) is 5.20. The van der Waals surface area contributed by atoms with Gasteiger partial charge < -0.3 is 10.2 Å². The third-order valence-electron chi connectivity index (χ3n) is 4.42. The smallest absolute Gasteiger partial charge is 0.161 e. The van der Waals surface area contributed by atoms with Gasteiger partial charge in [0.2, 0.25) is 0 Å². The molecule has 2 aliphatic heterocycles. The average Bonchev–Trinajstić information content (AvgIpc) is 3.06. The van der Waals surface area contributed by atoms with Gasteiger partial charge in [-0.2, -0.15) is 0 Å². The highest BCUT2D eigenvalue weighted by Gasteiger charge is 2.17. The lowest BCUT2D eigenvalue weighted by Crippen LogP contribution is -2.30. The molecule has 1 N–H and O–H groups in total. The third-order valence-corrected chi connectivity index (χ3v) is 5.42. The molecular formula is C17H25N3S. The number of fused-ring (bicyclic) bond motifs is 1. The van der Waals surface area contributed by atoms with Crippen LogP contribution in [-0.2, 0) is 6.54 Å². The minimum Gasteiger partial charge on any atom is -0.335 e. The van der Waals surface area contributed by atoms with Crippen LogP contribution in [0.25, 0.3) is 0 Å². The molecule has 0 radical (unpaired) electrons. The Labute approximate surface area is 132 Å². The molecule has 0 aliphatic carbocycles. The molecule has 21 heavy (non-hydrogen) atoms. The summed E-state index contributed by atoms with van der Waals surface area (Å²) in [7, 11) is 0. The van der Waals surface area contributed by atoms with Gasteiger partial charge in [0.1, 0.15) is 0 Å². The van der Waals surface area contributed by atoms with Crippen molar-refractivity contribution in [1.82, 2.24) is 4.90 Å². The number of hydrogen-bond donors (Lipinski definition) is 1. The van der Waals surface area contributed by atoms with Crippen molar-refractivity contribution in [2.75, 3.05) is 24.2 Å². The van der Waals surface area contributed by atoms with Crippen LogP contribution in [0, 0.1) is 0 Å². The van der Waals surface area contributed by atoms with Crippen molar-refractivity contribution in [2.24, 2.45) is 4.99 Å². The summed E-state index contributed by atoms with van der Waals surface area (Å²) in [6.07, 6.45) is 5.35. The maximum absolute atomic E-state index is 4.62. The van der Waals surface area contributed by atoms with Crippen molar-refractivity contribution in [2.45, 2.75) is 45.2 Å². The van der Waals surface area contributed by atoms with E-state index < -0.39 is 0 Å². The van der Waals surface area contributed by atoms with Gasteiger partial charge in [0.15, 0.2) is 5.17 Å². The summed E-state index contributed by atoms with van der Waals surface area (Å²) in [5, 5.41) is 4.53. The molecule has 0 aromatic heterocycles. The van der Waals surface area contributed by atoms with Crippen LogP contribution in [0.3, 0.4) is 0 Å². The van der Waals surface area contributed by atoms with Crippen LogP contribution < -0.4 is 5.32 Å². The summed E-state index contributed by atoms with van der Waals surface area (Å²) in [4.78, 5) is 7.26. The minimum atomic E-state index is 0.745. The first kappa shape index (κ1) is 14.9. The van der Waals surface area contributed by atoms with Gasteiger partial charge in [-0.1, -0.05) is 30.0 Å². The van der Waals surface area contributed by atoms with E-state index >= 15 is 0 Å². The molecule has 3 rings (SSSR count). The Morgan fingerprint density at radius 2 is 2.10 bits per heavy atom. The zero-order chi connectivity index (χ0) is 14.5. The van der Waals surface area contributed by atoms with Crippen molar-refractivity contribution in [3.8, 4) is 0 Å². The Morgan fingerprint density at radius 3 is 2.95 bits per heavy atom. The number of nitrogens with one attached hydrogen (secondary N) is 1. The minimum absolute atomic E-state index is 0.745. The van der Waals surface area contributed by atoms with Crippen molar-refractivity contribution in [1.29, 1.82) is 0 Å².